The quantitative estimate of drug-likeness (QED) is 0.641. The first-order valence-electron chi connectivity index (χ1n) is 6.68. The third kappa shape index (κ3) is 6.69. The number of alkyl carbamates (subject to hydrolysis) is 1. The van der Waals surface area contributed by atoms with E-state index in [1.165, 1.54) is 24.3 Å². The molecule has 1 aromatic carbocycles. The molecule has 2 N–H and O–H groups in total. The second-order valence-corrected chi connectivity index (χ2v) is 5.53. The maximum absolute atomic E-state index is 11.7. The molecule has 0 spiro atoms. The molecule has 0 aliphatic carbocycles. The normalized spacial score (nSPS) is 10.7. The molecule has 1 rings (SSSR count). The number of hydrogen-bond acceptors (Lipinski definition) is 5. The fourth-order valence-electron chi connectivity index (χ4n) is 1.48. The topological polar surface area (TPSA) is 111 Å². The Morgan fingerprint density at radius 3 is 2.32 bits per heavy atom. The monoisotopic (exact) mass is 309 g/mol. The lowest BCUT2D eigenvalue weighted by Gasteiger charge is -2.19. The number of amides is 2. The predicted molar refractivity (Wildman–Crippen MR) is 80.6 cm³/mol. The number of rotatable bonds is 5. The van der Waals surface area contributed by atoms with Crippen molar-refractivity contribution in [1.29, 1.82) is 0 Å². The van der Waals surface area contributed by atoms with E-state index in [-0.39, 0.29) is 24.6 Å². The molecule has 8 heteroatoms. The average Bonchev–Trinajstić information content (AvgIpc) is 2.37. The van der Waals surface area contributed by atoms with Crippen molar-refractivity contribution in [2.75, 3.05) is 11.9 Å². The van der Waals surface area contributed by atoms with Crippen molar-refractivity contribution in [2.45, 2.75) is 32.8 Å². The van der Waals surface area contributed by atoms with E-state index in [9.17, 15) is 19.7 Å². The lowest BCUT2D eigenvalue weighted by Crippen LogP contribution is -2.34. The summed E-state index contributed by atoms with van der Waals surface area (Å²) in [6, 6.07) is 5.48. The van der Waals surface area contributed by atoms with E-state index in [1.54, 1.807) is 20.8 Å². The molecule has 0 fully saturated rings. The number of nitro groups is 1. The Labute approximate surface area is 128 Å². The van der Waals surface area contributed by atoms with E-state index in [0.29, 0.717) is 5.69 Å². The summed E-state index contributed by atoms with van der Waals surface area (Å²) < 4.78 is 5.03. The second kappa shape index (κ2) is 7.39. The summed E-state index contributed by atoms with van der Waals surface area (Å²) in [5.74, 6) is -0.315. The van der Waals surface area contributed by atoms with Crippen LogP contribution in [0.4, 0.5) is 16.2 Å². The van der Waals surface area contributed by atoms with Crippen LogP contribution in [0.5, 0.6) is 0 Å². The molecule has 0 atom stereocenters. The van der Waals surface area contributed by atoms with Gasteiger partial charge in [-0.3, -0.25) is 14.9 Å². The number of ether oxygens (including phenoxy) is 1. The number of nitro benzene ring substituents is 1. The molecule has 1 aromatic rings. The van der Waals surface area contributed by atoms with Gasteiger partial charge in [-0.1, -0.05) is 0 Å². The number of carbonyl (C=O) groups excluding carboxylic acids is 2. The van der Waals surface area contributed by atoms with E-state index in [2.05, 4.69) is 10.6 Å². The molecule has 0 saturated heterocycles. The first-order chi connectivity index (χ1) is 10.2. The minimum atomic E-state index is -0.592. The highest BCUT2D eigenvalue weighted by Gasteiger charge is 2.15. The molecular formula is C14H19N3O5. The number of nitrogens with one attached hydrogen (secondary N) is 2. The zero-order chi connectivity index (χ0) is 16.8. The van der Waals surface area contributed by atoms with E-state index in [1.807, 2.05) is 0 Å². The summed E-state index contributed by atoms with van der Waals surface area (Å²) in [6.07, 6.45) is -0.522. The SMILES string of the molecule is CC(C)(C)OC(=O)NCCC(=O)Nc1ccc([N+](=O)[O-])cc1. The Kier molecular flexibility index (Phi) is 5.85. The van der Waals surface area contributed by atoms with Crippen LogP contribution in [0.2, 0.25) is 0 Å². The van der Waals surface area contributed by atoms with Gasteiger partial charge < -0.3 is 15.4 Å². The molecule has 0 aromatic heterocycles. The van der Waals surface area contributed by atoms with Crippen LogP contribution in [0.1, 0.15) is 27.2 Å². The van der Waals surface area contributed by atoms with Crippen LogP contribution in [0, 0.1) is 10.1 Å². The van der Waals surface area contributed by atoms with Gasteiger partial charge in [0, 0.05) is 30.8 Å². The minimum Gasteiger partial charge on any atom is -0.444 e. The van der Waals surface area contributed by atoms with Crippen molar-refractivity contribution in [3.63, 3.8) is 0 Å². The lowest BCUT2D eigenvalue weighted by molar-refractivity contribution is -0.384. The van der Waals surface area contributed by atoms with Crippen LogP contribution in [-0.4, -0.2) is 29.1 Å². The molecule has 0 saturated carbocycles. The van der Waals surface area contributed by atoms with Gasteiger partial charge in [-0.05, 0) is 32.9 Å². The third-order valence-electron chi connectivity index (χ3n) is 2.38. The Morgan fingerprint density at radius 2 is 1.82 bits per heavy atom. The first kappa shape index (κ1) is 17.4. The van der Waals surface area contributed by atoms with Gasteiger partial charge in [0.1, 0.15) is 5.60 Å². The molecule has 22 heavy (non-hydrogen) atoms. The largest absolute Gasteiger partial charge is 0.444 e. The maximum atomic E-state index is 11.7. The van der Waals surface area contributed by atoms with Gasteiger partial charge in [-0.25, -0.2) is 4.79 Å². The number of carbonyl (C=O) groups is 2. The number of anilines is 1. The standard InChI is InChI=1S/C14H19N3O5/c1-14(2,3)22-13(19)15-9-8-12(18)16-10-4-6-11(7-5-10)17(20)21/h4-7H,8-9H2,1-3H3,(H,15,19)(H,16,18). The molecule has 120 valence electrons. The number of hydrogen-bond donors (Lipinski definition) is 2. The smallest absolute Gasteiger partial charge is 0.407 e. The average molecular weight is 309 g/mol. The van der Waals surface area contributed by atoms with Gasteiger partial charge >= 0.3 is 6.09 Å². The molecule has 0 aliphatic rings. The van der Waals surface area contributed by atoms with E-state index < -0.39 is 16.6 Å². The fourth-order valence-corrected chi connectivity index (χ4v) is 1.48. The Morgan fingerprint density at radius 1 is 1.23 bits per heavy atom. The summed E-state index contributed by atoms with van der Waals surface area (Å²) in [4.78, 5) is 33.0. The van der Waals surface area contributed by atoms with Crippen molar-refractivity contribution >= 4 is 23.4 Å². The maximum Gasteiger partial charge on any atom is 0.407 e. The van der Waals surface area contributed by atoms with Crippen LogP contribution in [0.15, 0.2) is 24.3 Å². The predicted octanol–water partition coefficient (Wildman–Crippen LogP) is 2.45. The lowest BCUT2D eigenvalue weighted by atomic mass is 10.2. The van der Waals surface area contributed by atoms with Gasteiger partial charge in [0.25, 0.3) is 5.69 Å². The second-order valence-electron chi connectivity index (χ2n) is 5.53. The van der Waals surface area contributed by atoms with Crippen LogP contribution in [0.3, 0.4) is 0 Å². The van der Waals surface area contributed by atoms with Crippen molar-refractivity contribution in [1.82, 2.24) is 5.32 Å². The van der Waals surface area contributed by atoms with Gasteiger partial charge in [0.15, 0.2) is 0 Å². The molecule has 0 radical (unpaired) electrons. The van der Waals surface area contributed by atoms with Gasteiger partial charge in [0.05, 0.1) is 4.92 Å². The summed E-state index contributed by atoms with van der Waals surface area (Å²) in [5, 5.41) is 15.5. The summed E-state index contributed by atoms with van der Waals surface area (Å²) in [6.45, 7) is 5.36. The van der Waals surface area contributed by atoms with Crippen molar-refractivity contribution in [3.05, 3.63) is 34.4 Å². The highest BCUT2D eigenvalue weighted by molar-refractivity contribution is 5.91. The molecule has 0 heterocycles. The van der Waals surface area contributed by atoms with Crippen LogP contribution in [0.25, 0.3) is 0 Å². The number of benzene rings is 1. The molecule has 8 nitrogen and oxygen atoms in total. The molecule has 0 bridgehead atoms. The van der Waals surface area contributed by atoms with Gasteiger partial charge in [-0.2, -0.15) is 0 Å². The Balaban J connectivity index is 2.34. The van der Waals surface area contributed by atoms with E-state index in [4.69, 9.17) is 4.74 Å². The van der Waals surface area contributed by atoms with Gasteiger partial charge in [-0.15, -0.1) is 0 Å². The molecule has 0 aliphatic heterocycles. The van der Waals surface area contributed by atoms with Crippen LogP contribution in [-0.2, 0) is 9.53 Å². The van der Waals surface area contributed by atoms with Crippen LogP contribution < -0.4 is 10.6 Å². The van der Waals surface area contributed by atoms with E-state index >= 15 is 0 Å². The van der Waals surface area contributed by atoms with Crippen molar-refractivity contribution < 1.29 is 19.2 Å². The highest BCUT2D eigenvalue weighted by Crippen LogP contribution is 2.15. The molecular weight excluding hydrogens is 290 g/mol. The zero-order valence-corrected chi connectivity index (χ0v) is 12.7. The highest BCUT2D eigenvalue weighted by atomic mass is 16.6. The summed E-state index contributed by atoms with van der Waals surface area (Å²) in [7, 11) is 0. The first-order valence-corrected chi connectivity index (χ1v) is 6.68. The van der Waals surface area contributed by atoms with E-state index in [0.717, 1.165) is 0 Å². The Hall–Kier alpha value is -2.64. The van der Waals surface area contributed by atoms with Crippen molar-refractivity contribution in [3.8, 4) is 0 Å². The third-order valence-corrected chi connectivity index (χ3v) is 2.38. The zero-order valence-electron chi connectivity index (χ0n) is 12.7. The Bertz CT molecular complexity index is 549. The summed E-state index contributed by atoms with van der Waals surface area (Å²) in [5.41, 5.74) is -0.192. The number of non-ortho nitro benzene ring substituents is 1. The molecule has 0 unspecified atom stereocenters. The van der Waals surface area contributed by atoms with Gasteiger partial charge in [0.2, 0.25) is 5.91 Å². The van der Waals surface area contributed by atoms with Crippen LogP contribution >= 0.6 is 0 Å². The minimum absolute atomic E-state index is 0.0513. The molecule has 2 amide bonds. The summed E-state index contributed by atoms with van der Waals surface area (Å²) >= 11 is 0. The number of nitrogens with zero attached hydrogens (tertiary/aromatic N) is 1. The fraction of sp³-hybridized carbons (Fsp3) is 0.429. The van der Waals surface area contributed by atoms with Crippen molar-refractivity contribution in [2.24, 2.45) is 0 Å².